The van der Waals surface area contributed by atoms with E-state index in [1.165, 1.54) is 25.0 Å². The van der Waals surface area contributed by atoms with E-state index >= 15 is 0 Å². The van der Waals surface area contributed by atoms with Crippen molar-refractivity contribution in [3.8, 4) is 5.75 Å². The van der Waals surface area contributed by atoms with Crippen LogP contribution in [0.5, 0.6) is 5.75 Å². The number of carbonyl (C=O) groups is 1. The minimum absolute atomic E-state index is 0.262. The lowest BCUT2D eigenvalue weighted by molar-refractivity contribution is -0.199. The van der Waals surface area contributed by atoms with Crippen LogP contribution in [0.3, 0.4) is 0 Å². The molecule has 5 nitrogen and oxygen atoms in total. The van der Waals surface area contributed by atoms with Crippen LogP contribution in [0.4, 0.5) is 42.1 Å². The summed E-state index contributed by atoms with van der Waals surface area (Å²) in [6.45, 7) is 1.12. The fourth-order valence-corrected chi connectivity index (χ4v) is 8.31. The first kappa shape index (κ1) is 35.5. The Bertz CT molecular complexity index is 1320. The maximum atomic E-state index is 14.8. The molecule has 0 bridgehead atoms. The Labute approximate surface area is 265 Å². The zero-order valence-electron chi connectivity index (χ0n) is 24.8. The van der Waals surface area contributed by atoms with Crippen LogP contribution in [0.15, 0.2) is 46.2 Å². The average molecular weight is 684 g/mol. The zero-order chi connectivity index (χ0) is 33.2. The fraction of sp³-hybridized carbons (Fsp3) is 0.581. The lowest BCUT2D eigenvalue weighted by Gasteiger charge is -2.43. The van der Waals surface area contributed by atoms with Crippen molar-refractivity contribution in [3.63, 3.8) is 0 Å². The number of aliphatic hydroxyl groups excluding tert-OH is 1. The van der Waals surface area contributed by atoms with E-state index in [1.54, 1.807) is 30.0 Å². The molecule has 1 heterocycles. The van der Waals surface area contributed by atoms with Gasteiger partial charge in [0, 0.05) is 55.2 Å². The minimum Gasteiger partial charge on any atom is -0.491 e. The summed E-state index contributed by atoms with van der Waals surface area (Å²) in [7, 11) is 1.00. The van der Waals surface area contributed by atoms with Gasteiger partial charge in [0.25, 0.3) is 5.92 Å². The fourth-order valence-electron chi connectivity index (χ4n) is 5.70. The molecular weight excluding hydrogens is 647 g/mol. The number of aliphatic hydroxyl groups is 1. The third-order valence-corrected chi connectivity index (χ3v) is 10.7. The average Bonchev–Trinajstić information content (AvgIpc) is 3.76. The van der Waals surface area contributed by atoms with E-state index in [1.807, 2.05) is 11.0 Å². The van der Waals surface area contributed by atoms with Crippen LogP contribution < -0.4 is 9.64 Å². The molecule has 2 aromatic rings. The summed E-state index contributed by atoms with van der Waals surface area (Å²) in [6, 6.07) is 9.72. The number of fused-ring (bicyclic) bond motifs is 1. The molecule has 1 atom stereocenters. The van der Waals surface area contributed by atoms with Crippen molar-refractivity contribution in [3.05, 3.63) is 42.2 Å². The van der Waals surface area contributed by atoms with Gasteiger partial charge in [0.05, 0.1) is 10.6 Å². The molecule has 1 aliphatic heterocycles. The number of thioether (sulfide) groups is 2. The number of rotatable bonds is 7. The van der Waals surface area contributed by atoms with Gasteiger partial charge < -0.3 is 19.8 Å². The van der Waals surface area contributed by atoms with E-state index in [0.717, 1.165) is 54.9 Å². The second-order valence-corrected chi connectivity index (χ2v) is 14.4. The predicted octanol–water partition coefficient (Wildman–Crippen LogP) is 9.24. The number of carboxylic acid groups (broad SMARTS) is 1. The van der Waals surface area contributed by atoms with Gasteiger partial charge in [-0.25, -0.2) is 17.6 Å². The predicted molar refractivity (Wildman–Crippen MR) is 160 cm³/mol. The molecule has 0 aromatic heterocycles. The van der Waals surface area contributed by atoms with Crippen LogP contribution in [0.2, 0.25) is 0 Å². The molecule has 4 aliphatic rings. The Morgan fingerprint density at radius 1 is 1.11 bits per heavy atom. The highest BCUT2D eigenvalue weighted by atomic mass is 32.2. The molecule has 2 N–H and O–H groups in total. The maximum Gasteiger partial charge on any atom is 0.388 e. The molecule has 250 valence electrons. The molecule has 45 heavy (non-hydrogen) atoms. The molecule has 3 aliphatic carbocycles. The van der Waals surface area contributed by atoms with E-state index < -0.39 is 48.2 Å². The summed E-state index contributed by atoms with van der Waals surface area (Å²) in [5, 5.41) is 17.0. The largest absolute Gasteiger partial charge is 0.491 e. The van der Waals surface area contributed by atoms with Gasteiger partial charge in [-0.2, -0.15) is 13.2 Å². The molecule has 0 unspecified atom stereocenters. The number of anilines is 2. The second-order valence-electron chi connectivity index (χ2n) is 11.9. The van der Waals surface area contributed by atoms with Gasteiger partial charge in [0.1, 0.15) is 23.6 Å². The van der Waals surface area contributed by atoms with E-state index in [9.17, 15) is 40.6 Å². The topological polar surface area (TPSA) is 70.0 Å². The highest BCUT2D eigenvalue weighted by molar-refractivity contribution is 8.00. The lowest BCUT2D eigenvalue weighted by Crippen LogP contribution is -2.54. The van der Waals surface area contributed by atoms with Crippen molar-refractivity contribution in [1.82, 2.24) is 0 Å². The first-order chi connectivity index (χ1) is 21.1. The second kappa shape index (κ2) is 13.8. The third kappa shape index (κ3) is 8.73. The normalized spacial score (nSPS) is 22.3. The SMILES string of the molecule is CCC(F)(F)F.CO.O=C(O)C1(COc2cc3c(cc2SC2CC4(CC4)C2)N(c2ccc(F)cc2)CC[C@@H](F)S3)CC(F)(F)C1. The van der Waals surface area contributed by atoms with E-state index in [-0.39, 0.29) is 18.8 Å². The van der Waals surface area contributed by atoms with Gasteiger partial charge in [0.2, 0.25) is 0 Å². The number of nitrogens with zero attached hydrogens (tertiary/aromatic N) is 1. The Hall–Kier alpha value is -2.32. The molecule has 3 saturated carbocycles. The molecule has 0 radical (unpaired) electrons. The Balaban J connectivity index is 0.000000519. The van der Waals surface area contributed by atoms with Gasteiger partial charge in [-0.1, -0.05) is 18.7 Å². The van der Waals surface area contributed by atoms with Gasteiger partial charge in [0.15, 0.2) is 5.50 Å². The van der Waals surface area contributed by atoms with E-state index in [4.69, 9.17) is 9.84 Å². The number of aliphatic carboxylic acids is 1. The van der Waals surface area contributed by atoms with Gasteiger partial charge >= 0.3 is 12.1 Å². The van der Waals surface area contributed by atoms with Crippen molar-refractivity contribution in [2.45, 2.75) is 90.9 Å². The number of carboxylic acids is 1. The van der Waals surface area contributed by atoms with Crippen molar-refractivity contribution >= 4 is 40.9 Å². The van der Waals surface area contributed by atoms with Gasteiger partial charge in [-0.3, -0.25) is 4.79 Å². The summed E-state index contributed by atoms with van der Waals surface area (Å²) in [5.74, 6) is -4.26. The summed E-state index contributed by atoms with van der Waals surface area (Å²) in [6.07, 6.45) is -1.24. The van der Waals surface area contributed by atoms with Gasteiger partial charge in [-0.15, -0.1) is 11.8 Å². The summed E-state index contributed by atoms with van der Waals surface area (Å²) >= 11 is 2.71. The Morgan fingerprint density at radius 3 is 2.22 bits per heavy atom. The standard InChI is InChI=1S/C27H27F4NO3S2.C3H5F3.CH4O/c28-16-1-3-17(4-2-16)32-8-5-23(29)37-21-10-20(35-15-26(24(33)34)13-27(30,31)14-26)22(9-19(21)32)36-18-11-25(12-18)6-7-25;1-2-3(4,5)6;1-2/h1-4,9-10,18,23H,5-8,11-15H2,(H,33,34);2H2,1H3;2H,1H3/t23-;;/m0../s1. The monoisotopic (exact) mass is 683 g/mol. The minimum atomic E-state index is -3.96. The lowest BCUT2D eigenvalue weighted by atomic mass is 9.66. The van der Waals surface area contributed by atoms with E-state index in [2.05, 4.69) is 0 Å². The molecule has 0 saturated heterocycles. The molecule has 0 amide bonds. The van der Waals surface area contributed by atoms with Crippen LogP contribution in [-0.2, 0) is 4.79 Å². The zero-order valence-corrected chi connectivity index (χ0v) is 26.4. The quantitative estimate of drug-likeness (QED) is 0.282. The molecule has 3 fully saturated rings. The summed E-state index contributed by atoms with van der Waals surface area (Å²) in [5.41, 5.74) is -0.818. The number of benzene rings is 2. The first-order valence-corrected chi connectivity index (χ1v) is 16.3. The van der Waals surface area contributed by atoms with Crippen molar-refractivity contribution < 1.29 is 50.5 Å². The highest BCUT2D eigenvalue weighted by Gasteiger charge is 2.62. The van der Waals surface area contributed by atoms with Crippen LogP contribution in [-0.4, -0.2) is 59.3 Å². The highest BCUT2D eigenvalue weighted by Crippen LogP contribution is 2.65. The molecule has 14 heteroatoms. The Morgan fingerprint density at radius 2 is 1.71 bits per heavy atom. The molecule has 1 spiro atoms. The number of ether oxygens (including phenoxy) is 1. The summed E-state index contributed by atoms with van der Waals surface area (Å²) < 4.78 is 94.0. The van der Waals surface area contributed by atoms with Crippen LogP contribution >= 0.6 is 23.5 Å². The third-order valence-electron chi connectivity index (χ3n) is 8.41. The number of halogens is 7. The van der Waals surface area contributed by atoms with Crippen LogP contribution in [0.25, 0.3) is 0 Å². The van der Waals surface area contributed by atoms with Crippen molar-refractivity contribution in [2.75, 3.05) is 25.2 Å². The molecule has 6 rings (SSSR count). The van der Waals surface area contributed by atoms with Crippen LogP contribution in [0.1, 0.15) is 58.3 Å². The van der Waals surface area contributed by atoms with Crippen molar-refractivity contribution in [2.24, 2.45) is 10.8 Å². The van der Waals surface area contributed by atoms with E-state index in [0.29, 0.717) is 27.9 Å². The van der Waals surface area contributed by atoms with Gasteiger partial charge in [-0.05, 0) is 67.5 Å². The number of hydrogen-bond donors (Lipinski definition) is 2. The smallest absolute Gasteiger partial charge is 0.388 e. The first-order valence-electron chi connectivity index (χ1n) is 14.6. The van der Waals surface area contributed by atoms with Crippen LogP contribution in [0, 0.1) is 16.6 Å². The van der Waals surface area contributed by atoms with Crippen molar-refractivity contribution in [1.29, 1.82) is 0 Å². The Kier molecular flexibility index (Phi) is 10.9. The number of alkyl halides is 6. The summed E-state index contributed by atoms with van der Waals surface area (Å²) in [4.78, 5) is 15.2. The maximum absolute atomic E-state index is 14.8. The molecule has 2 aromatic carbocycles. The molecular formula is C31H36F7NO4S2. The number of hydrogen-bond acceptors (Lipinski definition) is 6.